The summed E-state index contributed by atoms with van der Waals surface area (Å²) in [5.74, 6) is -0.860. The lowest BCUT2D eigenvalue weighted by Gasteiger charge is -2.08. The van der Waals surface area contributed by atoms with Crippen LogP contribution in [0.1, 0.15) is 12.6 Å². The zero-order chi connectivity index (χ0) is 12.9. The number of hydrogen-bond donors (Lipinski definition) is 1. The highest BCUT2D eigenvalue weighted by Gasteiger charge is 2.32. The van der Waals surface area contributed by atoms with E-state index >= 15 is 0 Å². The number of halogens is 3. The molecule has 0 aliphatic heterocycles. The first-order valence-corrected chi connectivity index (χ1v) is 4.73. The highest BCUT2D eigenvalue weighted by Crippen LogP contribution is 2.27. The molecule has 8 heteroatoms. The fourth-order valence-corrected chi connectivity index (χ4v) is 0.965. The molecule has 0 atom stereocenters. The van der Waals surface area contributed by atoms with E-state index in [1.165, 1.54) is 0 Å². The summed E-state index contributed by atoms with van der Waals surface area (Å²) in [5.41, 5.74) is -1.07. The van der Waals surface area contributed by atoms with Gasteiger partial charge in [-0.2, -0.15) is 13.2 Å². The normalized spacial score (nSPS) is 11.1. The number of ether oxygens (including phenoxy) is 1. The maximum Gasteiger partial charge on any atom is 0.433 e. The van der Waals surface area contributed by atoms with Crippen molar-refractivity contribution in [3.8, 4) is 0 Å². The van der Waals surface area contributed by atoms with Crippen molar-refractivity contribution in [2.24, 2.45) is 0 Å². The van der Waals surface area contributed by atoms with Crippen LogP contribution in [0.5, 0.6) is 0 Å². The van der Waals surface area contributed by atoms with Crippen molar-refractivity contribution in [3.05, 3.63) is 18.0 Å². The van der Waals surface area contributed by atoms with Crippen molar-refractivity contribution in [1.29, 1.82) is 0 Å². The summed E-state index contributed by atoms with van der Waals surface area (Å²) in [6.45, 7) is 1.54. The second kappa shape index (κ2) is 5.46. The predicted molar refractivity (Wildman–Crippen MR) is 52.2 cm³/mol. The monoisotopic (exact) mass is 249 g/mol. The standard InChI is InChI=1S/C9H10F3N3O2/c1-2-17-7(16)5-14-8-13-4-3-6(15-8)9(10,11)12/h3-4H,2,5H2,1H3,(H,13,14,15). The van der Waals surface area contributed by atoms with Crippen LogP contribution in [-0.2, 0) is 15.7 Å². The summed E-state index contributed by atoms with van der Waals surface area (Å²) in [6.07, 6.45) is -3.58. The van der Waals surface area contributed by atoms with Gasteiger partial charge in [0, 0.05) is 6.20 Å². The maximum absolute atomic E-state index is 12.3. The maximum atomic E-state index is 12.3. The van der Waals surface area contributed by atoms with Crippen molar-refractivity contribution in [2.45, 2.75) is 13.1 Å². The number of nitrogens with one attached hydrogen (secondary N) is 1. The molecule has 0 bridgehead atoms. The van der Waals surface area contributed by atoms with Gasteiger partial charge in [0.2, 0.25) is 5.95 Å². The zero-order valence-electron chi connectivity index (χ0n) is 8.91. The van der Waals surface area contributed by atoms with Crippen molar-refractivity contribution in [3.63, 3.8) is 0 Å². The van der Waals surface area contributed by atoms with Gasteiger partial charge in [-0.25, -0.2) is 9.97 Å². The SMILES string of the molecule is CCOC(=O)CNc1nccc(C(F)(F)F)n1. The van der Waals surface area contributed by atoms with Crippen molar-refractivity contribution >= 4 is 11.9 Å². The van der Waals surface area contributed by atoms with Crippen LogP contribution in [0.3, 0.4) is 0 Å². The first kappa shape index (κ1) is 13.2. The number of nitrogens with zero attached hydrogens (tertiary/aromatic N) is 2. The lowest BCUT2D eigenvalue weighted by Crippen LogP contribution is -2.19. The number of hydrogen-bond acceptors (Lipinski definition) is 5. The Bertz CT molecular complexity index is 395. The summed E-state index contributed by atoms with van der Waals surface area (Å²) in [7, 11) is 0. The van der Waals surface area contributed by atoms with E-state index < -0.39 is 17.8 Å². The Labute approximate surface area is 95.0 Å². The molecule has 0 aromatic carbocycles. The molecule has 94 valence electrons. The second-order valence-electron chi connectivity index (χ2n) is 2.92. The average molecular weight is 249 g/mol. The van der Waals surface area contributed by atoms with E-state index in [0.717, 1.165) is 12.3 Å². The molecule has 1 aromatic rings. The first-order valence-electron chi connectivity index (χ1n) is 4.73. The van der Waals surface area contributed by atoms with Gasteiger partial charge < -0.3 is 10.1 Å². The molecule has 0 spiro atoms. The van der Waals surface area contributed by atoms with Gasteiger partial charge >= 0.3 is 12.1 Å². The number of rotatable bonds is 4. The Kier molecular flexibility index (Phi) is 4.24. The highest BCUT2D eigenvalue weighted by molar-refractivity contribution is 5.74. The largest absolute Gasteiger partial charge is 0.465 e. The topological polar surface area (TPSA) is 64.1 Å². The van der Waals surface area contributed by atoms with E-state index in [9.17, 15) is 18.0 Å². The van der Waals surface area contributed by atoms with Crippen LogP contribution in [0.15, 0.2) is 12.3 Å². The molecular weight excluding hydrogens is 239 g/mol. The van der Waals surface area contributed by atoms with Crippen molar-refractivity contribution in [1.82, 2.24) is 9.97 Å². The van der Waals surface area contributed by atoms with Gasteiger partial charge in [0.15, 0.2) is 0 Å². The van der Waals surface area contributed by atoms with Crippen LogP contribution in [0.2, 0.25) is 0 Å². The third-order valence-corrected chi connectivity index (χ3v) is 1.64. The van der Waals surface area contributed by atoms with E-state index in [1.54, 1.807) is 6.92 Å². The number of carbonyl (C=O) groups is 1. The summed E-state index contributed by atoms with van der Waals surface area (Å²) in [6, 6.07) is 0.746. The molecule has 17 heavy (non-hydrogen) atoms. The molecule has 0 fully saturated rings. The minimum atomic E-state index is -4.54. The molecular formula is C9H10F3N3O2. The van der Waals surface area contributed by atoms with Gasteiger partial charge in [-0.3, -0.25) is 4.79 Å². The Morgan fingerprint density at radius 1 is 1.53 bits per heavy atom. The third-order valence-electron chi connectivity index (χ3n) is 1.64. The van der Waals surface area contributed by atoms with Crippen LogP contribution in [0, 0.1) is 0 Å². The molecule has 1 aromatic heterocycles. The summed E-state index contributed by atoms with van der Waals surface area (Å²) >= 11 is 0. The quantitative estimate of drug-likeness (QED) is 0.818. The average Bonchev–Trinajstić information content (AvgIpc) is 2.26. The lowest BCUT2D eigenvalue weighted by molar-refractivity contribution is -0.141. The second-order valence-corrected chi connectivity index (χ2v) is 2.92. The van der Waals surface area contributed by atoms with Crippen LogP contribution in [0.25, 0.3) is 0 Å². The zero-order valence-corrected chi connectivity index (χ0v) is 8.91. The number of aromatic nitrogens is 2. The number of anilines is 1. The molecule has 1 rings (SSSR count). The summed E-state index contributed by atoms with van der Waals surface area (Å²) in [5, 5.41) is 2.34. The third kappa shape index (κ3) is 4.25. The Balaban J connectivity index is 2.64. The van der Waals surface area contributed by atoms with Gasteiger partial charge in [-0.1, -0.05) is 0 Å². The minimum Gasteiger partial charge on any atom is -0.465 e. The Morgan fingerprint density at radius 3 is 2.82 bits per heavy atom. The van der Waals surface area contributed by atoms with E-state index in [-0.39, 0.29) is 19.1 Å². The molecule has 1 heterocycles. The number of alkyl halides is 3. The van der Waals surface area contributed by atoms with Crippen LogP contribution in [-0.4, -0.2) is 29.1 Å². The molecule has 0 saturated carbocycles. The van der Waals surface area contributed by atoms with Gasteiger partial charge in [0.05, 0.1) is 6.61 Å². The lowest BCUT2D eigenvalue weighted by atomic mass is 10.4. The fourth-order valence-electron chi connectivity index (χ4n) is 0.965. The van der Waals surface area contributed by atoms with Crippen LogP contribution >= 0.6 is 0 Å². The summed E-state index contributed by atoms with van der Waals surface area (Å²) in [4.78, 5) is 17.7. The number of carbonyl (C=O) groups excluding carboxylic acids is 1. The smallest absolute Gasteiger partial charge is 0.433 e. The Hall–Kier alpha value is -1.86. The molecule has 0 radical (unpaired) electrons. The van der Waals surface area contributed by atoms with Gasteiger partial charge in [0.1, 0.15) is 12.2 Å². The van der Waals surface area contributed by atoms with Crippen molar-refractivity contribution < 1.29 is 22.7 Å². The van der Waals surface area contributed by atoms with Crippen molar-refractivity contribution in [2.75, 3.05) is 18.5 Å². The van der Waals surface area contributed by atoms with E-state index in [0.29, 0.717) is 0 Å². The minimum absolute atomic E-state index is 0.198. The number of esters is 1. The van der Waals surface area contributed by atoms with Gasteiger partial charge in [0.25, 0.3) is 0 Å². The van der Waals surface area contributed by atoms with Crippen LogP contribution in [0.4, 0.5) is 19.1 Å². The molecule has 0 aliphatic carbocycles. The highest BCUT2D eigenvalue weighted by atomic mass is 19.4. The van der Waals surface area contributed by atoms with E-state index in [1.807, 2.05) is 0 Å². The van der Waals surface area contributed by atoms with Gasteiger partial charge in [-0.15, -0.1) is 0 Å². The van der Waals surface area contributed by atoms with E-state index in [2.05, 4.69) is 20.0 Å². The van der Waals surface area contributed by atoms with Crippen LogP contribution < -0.4 is 5.32 Å². The summed E-state index contributed by atoms with van der Waals surface area (Å²) < 4.78 is 41.4. The molecule has 5 nitrogen and oxygen atoms in total. The molecule has 0 amide bonds. The molecule has 0 saturated heterocycles. The molecule has 0 aliphatic rings. The van der Waals surface area contributed by atoms with E-state index in [4.69, 9.17) is 0 Å². The Morgan fingerprint density at radius 2 is 2.24 bits per heavy atom. The van der Waals surface area contributed by atoms with Gasteiger partial charge in [-0.05, 0) is 13.0 Å². The molecule has 1 N–H and O–H groups in total. The predicted octanol–water partition coefficient (Wildman–Crippen LogP) is 1.47. The first-order chi connectivity index (χ1) is 7.93. The fraction of sp³-hybridized carbons (Fsp3) is 0.444. The molecule has 0 unspecified atom stereocenters.